The van der Waals surface area contributed by atoms with Crippen molar-refractivity contribution >= 4 is 5.97 Å². The van der Waals surface area contributed by atoms with E-state index in [4.69, 9.17) is 4.74 Å². The Hall–Kier alpha value is -1.47. The topological polar surface area (TPSA) is 76.0 Å². The molecular formula is C21H30F2O5. The summed E-state index contributed by atoms with van der Waals surface area (Å²) < 4.78 is 39.9. The molecular weight excluding hydrogens is 370 g/mol. The van der Waals surface area contributed by atoms with Gasteiger partial charge in [-0.1, -0.05) is 25.0 Å². The number of hydrogen-bond donors (Lipinski definition) is 2. The first-order valence-corrected chi connectivity index (χ1v) is 10.2. The van der Waals surface area contributed by atoms with Crippen molar-refractivity contribution in [2.45, 2.75) is 81.5 Å². The smallest absolute Gasteiger partial charge is 0.305 e. The molecule has 3 aliphatic rings. The average Bonchev–Trinajstić information content (AvgIpc) is 3.33. The second kappa shape index (κ2) is 8.91. The maximum Gasteiger partial charge on any atom is 0.305 e. The first-order valence-electron chi connectivity index (χ1n) is 10.2. The zero-order chi connectivity index (χ0) is 20.3. The minimum Gasteiger partial charge on any atom is -0.491 e. The Kier molecular flexibility index (Phi) is 6.76. The van der Waals surface area contributed by atoms with Gasteiger partial charge in [0.05, 0.1) is 13.2 Å². The van der Waals surface area contributed by atoms with Gasteiger partial charge in [-0.05, 0) is 31.8 Å². The number of aliphatic hydroxyl groups excluding tert-OH is 2. The molecule has 0 bridgehead atoms. The van der Waals surface area contributed by atoms with Gasteiger partial charge in [0, 0.05) is 24.7 Å². The normalized spacial score (nSPS) is 36.6. The van der Waals surface area contributed by atoms with Gasteiger partial charge in [-0.3, -0.25) is 4.79 Å². The maximum absolute atomic E-state index is 15.0. The summed E-state index contributed by atoms with van der Waals surface area (Å²) in [4.78, 5) is 11.1. The van der Waals surface area contributed by atoms with Crippen molar-refractivity contribution in [1.82, 2.24) is 0 Å². The fourth-order valence-corrected chi connectivity index (χ4v) is 4.67. The van der Waals surface area contributed by atoms with E-state index in [-0.39, 0.29) is 18.1 Å². The highest BCUT2D eigenvalue weighted by Crippen LogP contribution is 2.47. The van der Waals surface area contributed by atoms with Gasteiger partial charge in [0.1, 0.15) is 23.6 Å². The molecule has 3 fully saturated rings. The van der Waals surface area contributed by atoms with Crippen LogP contribution in [0.25, 0.3) is 0 Å². The minimum atomic E-state index is -1.62. The predicted molar refractivity (Wildman–Crippen MR) is 98.8 cm³/mol. The number of aliphatic hydroxyl groups is 2. The van der Waals surface area contributed by atoms with Gasteiger partial charge in [0.2, 0.25) is 0 Å². The number of allylic oxidation sites excluding steroid dienone is 2. The molecule has 0 radical (unpaired) electrons. The van der Waals surface area contributed by atoms with E-state index in [2.05, 4.69) is 4.74 Å². The number of ether oxygens (including phenoxy) is 2. The molecule has 2 aliphatic carbocycles. The van der Waals surface area contributed by atoms with Gasteiger partial charge in [-0.15, -0.1) is 0 Å². The summed E-state index contributed by atoms with van der Waals surface area (Å²) >= 11 is 0. The summed E-state index contributed by atoms with van der Waals surface area (Å²) in [7, 11) is 1.33. The van der Waals surface area contributed by atoms with Crippen molar-refractivity contribution in [3.63, 3.8) is 0 Å². The number of hydrogen-bond acceptors (Lipinski definition) is 5. The second-order valence-corrected chi connectivity index (χ2v) is 8.16. The summed E-state index contributed by atoms with van der Waals surface area (Å²) in [5, 5.41) is 20.5. The number of halogens is 2. The summed E-state index contributed by atoms with van der Waals surface area (Å²) in [6.07, 6.45) is 4.54. The Morgan fingerprint density at radius 1 is 1.43 bits per heavy atom. The molecule has 6 unspecified atom stereocenters. The van der Waals surface area contributed by atoms with Crippen LogP contribution < -0.4 is 0 Å². The van der Waals surface area contributed by atoms with Crippen molar-refractivity contribution in [2.24, 2.45) is 11.8 Å². The molecule has 28 heavy (non-hydrogen) atoms. The second-order valence-electron chi connectivity index (χ2n) is 8.16. The molecule has 6 atom stereocenters. The van der Waals surface area contributed by atoms with E-state index in [9.17, 15) is 23.8 Å². The van der Waals surface area contributed by atoms with E-state index in [1.807, 2.05) is 0 Å². The highest BCUT2D eigenvalue weighted by Gasteiger charge is 2.53. The lowest BCUT2D eigenvalue weighted by Gasteiger charge is -2.24. The summed E-state index contributed by atoms with van der Waals surface area (Å²) in [6.45, 7) is 0. The molecule has 0 aromatic carbocycles. The maximum atomic E-state index is 15.0. The number of alkyl halides is 2. The van der Waals surface area contributed by atoms with Crippen LogP contribution in [0, 0.1) is 11.8 Å². The highest BCUT2D eigenvalue weighted by molar-refractivity contribution is 5.69. The fraction of sp³-hybridized carbons (Fsp3) is 0.762. The van der Waals surface area contributed by atoms with Crippen LogP contribution in [0.3, 0.4) is 0 Å². The van der Waals surface area contributed by atoms with E-state index < -0.39 is 42.0 Å². The number of carbonyl (C=O) groups is 1. The molecule has 0 aromatic rings. The van der Waals surface area contributed by atoms with Gasteiger partial charge >= 0.3 is 5.97 Å². The average molecular weight is 400 g/mol. The quantitative estimate of drug-likeness (QED) is 0.390. The summed E-state index contributed by atoms with van der Waals surface area (Å²) in [5.74, 6) is -1.15. The van der Waals surface area contributed by atoms with Crippen LogP contribution in [0.15, 0.2) is 24.0 Å². The van der Waals surface area contributed by atoms with Crippen molar-refractivity contribution < 1.29 is 33.3 Å². The third-order valence-electron chi connectivity index (χ3n) is 6.33. The molecule has 0 aromatic heterocycles. The molecule has 7 heteroatoms. The van der Waals surface area contributed by atoms with Crippen molar-refractivity contribution in [3.8, 4) is 0 Å². The lowest BCUT2D eigenvalue weighted by Crippen LogP contribution is -2.34. The van der Waals surface area contributed by atoms with Crippen LogP contribution in [-0.4, -0.2) is 53.4 Å². The molecule has 1 heterocycles. The van der Waals surface area contributed by atoms with Crippen LogP contribution in [0.1, 0.15) is 51.4 Å². The lowest BCUT2D eigenvalue weighted by molar-refractivity contribution is -0.140. The van der Waals surface area contributed by atoms with Gasteiger partial charge in [0.15, 0.2) is 6.17 Å². The Morgan fingerprint density at radius 2 is 2.14 bits per heavy atom. The van der Waals surface area contributed by atoms with Gasteiger partial charge < -0.3 is 19.7 Å². The molecule has 0 spiro atoms. The molecule has 1 saturated heterocycles. The van der Waals surface area contributed by atoms with Crippen molar-refractivity contribution in [3.05, 3.63) is 24.0 Å². The van der Waals surface area contributed by atoms with E-state index in [0.717, 1.165) is 12.8 Å². The van der Waals surface area contributed by atoms with E-state index in [0.29, 0.717) is 32.1 Å². The van der Waals surface area contributed by atoms with Crippen LogP contribution in [0.5, 0.6) is 0 Å². The van der Waals surface area contributed by atoms with Crippen LogP contribution in [0.4, 0.5) is 8.78 Å². The highest BCUT2D eigenvalue weighted by atomic mass is 19.1. The van der Waals surface area contributed by atoms with Crippen LogP contribution >= 0.6 is 0 Å². The summed E-state index contributed by atoms with van der Waals surface area (Å²) in [5.41, 5.74) is -1.62. The number of methoxy groups -OCH3 is 1. The monoisotopic (exact) mass is 400 g/mol. The van der Waals surface area contributed by atoms with Gasteiger partial charge in [0.25, 0.3) is 0 Å². The van der Waals surface area contributed by atoms with E-state index >= 15 is 0 Å². The van der Waals surface area contributed by atoms with Crippen molar-refractivity contribution in [1.29, 1.82) is 0 Å². The van der Waals surface area contributed by atoms with Crippen molar-refractivity contribution in [2.75, 3.05) is 7.11 Å². The first-order chi connectivity index (χ1) is 13.4. The third kappa shape index (κ3) is 4.40. The SMILES string of the molecule is COC(=O)CCC/C=C1/OC2CC(O)C(/C=C/C(O)C3(F)CCCC3)C2C1F. The Morgan fingerprint density at radius 3 is 2.82 bits per heavy atom. The minimum absolute atomic E-state index is 0.239. The number of carbonyl (C=O) groups excluding carboxylic acids is 1. The number of unbranched alkanes of at least 4 members (excludes halogenated alkanes) is 1. The lowest BCUT2D eigenvalue weighted by atomic mass is 9.88. The standard InChI is InChI=1S/C21H30F2O5/c1-27-18(26)7-3-2-6-15-20(22)19-13(14(24)12-16(19)28-15)8-9-17(25)21(23)10-4-5-11-21/h6,8-9,13-14,16-17,19-20,24-25H,2-5,7,10-12H2,1H3/b9-8+,15-6+. The van der Waals surface area contributed by atoms with E-state index in [1.165, 1.54) is 13.2 Å². The molecule has 2 N–H and O–H groups in total. The Balaban J connectivity index is 1.60. The molecule has 158 valence electrons. The number of rotatable bonds is 7. The van der Waals surface area contributed by atoms with Crippen LogP contribution in [-0.2, 0) is 14.3 Å². The third-order valence-corrected chi connectivity index (χ3v) is 6.33. The zero-order valence-electron chi connectivity index (χ0n) is 16.2. The van der Waals surface area contributed by atoms with E-state index in [1.54, 1.807) is 12.2 Å². The first kappa shape index (κ1) is 21.2. The Bertz CT molecular complexity index is 614. The predicted octanol–water partition coefficient (Wildman–Crippen LogP) is 3.15. The van der Waals surface area contributed by atoms with Gasteiger partial charge in [-0.25, -0.2) is 8.78 Å². The largest absolute Gasteiger partial charge is 0.491 e. The van der Waals surface area contributed by atoms with Crippen LogP contribution in [0.2, 0.25) is 0 Å². The number of esters is 1. The molecule has 3 rings (SSSR count). The Labute approximate surface area is 164 Å². The molecule has 2 saturated carbocycles. The molecule has 5 nitrogen and oxygen atoms in total. The molecule has 0 amide bonds. The van der Waals surface area contributed by atoms with Gasteiger partial charge in [-0.2, -0.15) is 0 Å². The molecule has 1 aliphatic heterocycles. The summed E-state index contributed by atoms with van der Waals surface area (Å²) in [6, 6.07) is 0. The zero-order valence-corrected chi connectivity index (χ0v) is 16.2. The number of fused-ring (bicyclic) bond motifs is 1. The fourth-order valence-electron chi connectivity index (χ4n) is 4.67.